The second-order valence-electron chi connectivity index (χ2n) is 9.28. The molecule has 1 heteroatoms. The highest BCUT2D eigenvalue weighted by molar-refractivity contribution is 5.85. The maximum absolute atomic E-state index is 2.41. The van der Waals surface area contributed by atoms with E-state index in [-0.39, 0.29) is 5.41 Å². The van der Waals surface area contributed by atoms with E-state index in [4.69, 9.17) is 0 Å². The van der Waals surface area contributed by atoms with Crippen molar-refractivity contribution in [3.8, 4) is 11.1 Å². The van der Waals surface area contributed by atoms with Crippen LogP contribution in [0.15, 0.2) is 133 Å². The molecule has 6 rings (SSSR count). The molecule has 0 heterocycles. The molecule has 0 saturated carbocycles. The zero-order valence-corrected chi connectivity index (χ0v) is 19.4. The average molecular weight is 438 g/mol. The average Bonchev–Trinajstić information content (AvgIpc) is 3.14. The molecule has 1 aliphatic rings. The standard InChI is InChI=1S/C33H27N/c1-33(24-25-13-5-2-6-14-25)31-20-12-11-19-29(31)30-22-21-28(23-32(30)33)34(26-15-7-3-8-16-26)27-17-9-4-10-18-27/h2-23H,24H2,1H3. The summed E-state index contributed by atoms with van der Waals surface area (Å²) in [6, 6.07) is 48.1. The van der Waals surface area contributed by atoms with Gasteiger partial charge in [-0.1, -0.05) is 104 Å². The normalized spacial score (nSPS) is 16.0. The smallest absolute Gasteiger partial charge is 0.0465 e. The van der Waals surface area contributed by atoms with Gasteiger partial charge in [-0.15, -0.1) is 0 Å². The predicted molar refractivity (Wildman–Crippen MR) is 143 cm³/mol. The number of anilines is 3. The molecule has 0 saturated heterocycles. The summed E-state index contributed by atoms with van der Waals surface area (Å²) >= 11 is 0. The third-order valence-corrected chi connectivity index (χ3v) is 7.10. The van der Waals surface area contributed by atoms with Gasteiger partial charge in [0.2, 0.25) is 0 Å². The van der Waals surface area contributed by atoms with Crippen molar-refractivity contribution in [3.05, 3.63) is 150 Å². The van der Waals surface area contributed by atoms with E-state index in [1.165, 1.54) is 33.5 Å². The van der Waals surface area contributed by atoms with Gasteiger partial charge in [-0.25, -0.2) is 0 Å². The summed E-state index contributed by atoms with van der Waals surface area (Å²) in [5, 5.41) is 0. The van der Waals surface area contributed by atoms with Gasteiger partial charge in [-0.2, -0.15) is 0 Å². The van der Waals surface area contributed by atoms with E-state index in [1.54, 1.807) is 0 Å². The molecule has 1 aliphatic carbocycles. The predicted octanol–water partition coefficient (Wildman–Crippen LogP) is 8.69. The Morgan fingerprint density at radius 1 is 0.500 bits per heavy atom. The molecule has 0 spiro atoms. The van der Waals surface area contributed by atoms with Crippen LogP contribution in [0.3, 0.4) is 0 Å². The Balaban J connectivity index is 1.54. The summed E-state index contributed by atoms with van der Waals surface area (Å²) < 4.78 is 0. The molecule has 0 aromatic heterocycles. The minimum Gasteiger partial charge on any atom is -0.310 e. The SMILES string of the molecule is CC1(Cc2ccccc2)c2ccccc2-c2ccc(N(c3ccccc3)c3ccccc3)cc21. The molecule has 1 unspecified atom stereocenters. The maximum atomic E-state index is 2.41. The van der Waals surface area contributed by atoms with Crippen molar-refractivity contribution in [2.24, 2.45) is 0 Å². The molecular formula is C33H27N. The highest BCUT2D eigenvalue weighted by atomic mass is 15.1. The van der Waals surface area contributed by atoms with Gasteiger partial charge < -0.3 is 4.90 Å². The van der Waals surface area contributed by atoms with Gasteiger partial charge in [-0.05, 0) is 70.6 Å². The molecule has 0 aliphatic heterocycles. The second-order valence-corrected chi connectivity index (χ2v) is 9.28. The summed E-state index contributed by atoms with van der Waals surface area (Å²) in [5.74, 6) is 0. The maximum Gasteiger partial charge on any atom is 0.0465 e. The van der Waals surface area contributed by atoms with E-state index in [0.29, 0.717) is 0 Å². The van der Waals surface area contributed by atoms with Gasteiger partial charge in [-0.3, -0.25) is 0 Å². The van der Waals surface area contributed by atoms with Crippen molar-refractivity contribution in [1.29, 1.82) is 0 Å². The van der Waals surface area contributed by atoms with Crippen LogP contribution in [0.25, 0.3) is 11.1 Å². The van der Waals surface area contributed by atoms with Crippen LogP contribution in [0.5, 0.6) is 0 Å². The van der Waals surface area contributed by atoms with Crippen molar-refractivity contribution in [1.82, 2.24) is 0 Å². The minimum atomic E-state index is -0.0949. The first-order chi connectivity index (χ1) is 16.7. The van der Waals surface area contributed by atoms with E-state index in [9.17, 15) is 0 Å². The first-order valence-electron chi connectivity index (χ1n) is 11.9. The summed E-state index contributed by atoms with van der Waals surface area (Å²) in [7, 11) is 0. The lowest BCUT2D eigenvalue weighted by atomic mass is 9.75. The zero-order valence-electron chi connectivity index (χ0n) is 19.4. The van der Waals surface area contributed by atoms with E-state index >= 15 is 0 Å². The van der Waals surface area contributed by atoms with Crippen molar-refractivity contribution < 1.29 is 0 Å². The van der Waals surface area contributed by atoms with Crippen LogP contribution in [0.1, 0.15) is 23.6 Å². The first kappa shape index (κ1) is 20.5. The van der Waals surface area contributed by atoms with E-state index in [0.717, 1.165) is 17.8 Å². The molecule has 0 N–H and O–H groups in total. The number of nitrogens with zero attached hydrogens (tertiary/aromatic N) is 1. The second kappa shape index (κ2) is 8.35. The van der Waals surface area contributed by atoms with Gasteiger partial charge in [0, 0.05) is 22.5 Å². The van der Waals surface area contributed by atoms with Crippen LogP contribution in [0.4, 0.5) is 17.1 Å². The lowest BCUT2D eigenvalue weighted by molar-refractivity contribution is 0.583. The molecular weight excluding hydrogens is 410 g/mol. The third-order valence-electron chi connectivity index (χ3n) is 7.10. The molecule has 34 heavy (non-hydrogen) atoms. The van der Waals surface area contributed by atoms with Crippen molar-refractivity contribution in [2.75, 3.05) is 4.90 Å². The number of hydrogen-bond donors (Lipinski definition) is 0. The summed E-state index contributed by atoms with van der Waals surface area (Å²) in [4.78, 5) is 2.35. The third kappa shape index (κ3) is 3.41. The molecule has 5 aromatic carbocycles. The van der Waals surface area contributed by atoms with E-state index in [2.05, 4.69) is 145 Å². The Kier molecular flexibility index (Phi) is 5.04. The van der Waals surface area contributed by atoms with Crippen LogP contribution in [-0.4, -0.2) is 0 Å². The van der Waals surface area contributed by atoms with Crippen LogP contribution in [0, 0.1) is 0 Å². The zero-order chi connectivity index (χ0) is 23.0. The van der Waals surface area contributed by atoms with Crippen LogP contribution in [0.2, 0.25) is 0 Å². The Bertz CT molecular complexity index is 1380. The van der Waals surface area contributed by atoms with Gasteiger partial charge in [0.05, 0.1) is 0 Å². The molecule has 1 nitrogen and oxygen atoms in total. The van der Waals surface area contributed by atoms with Gasteiger partial charge in [0.25, 0.3) is 0 Å². The molecule has 1 atom stereocenters. The fraction of sp³-hybridized carbons (Fsp3) is 0.0909. The largest absolute Gasteiger partial charge is 0.310 e. The van der Waals surface area contributed by atoms with Crippen LogP contribution in [-0.2, 0) is 11.8 Å². The van der Waals surface area contributed by atoms with Gasteiger partial charge in [0.1, 0.15) is 0 Å². The van der Waals surface area contributed by atoms with Crippen LogP contribution < -0.4 is 4.90 Å². The Labute approximate surface area is 202 Å². The number of hydrogen-bond acceptors (Lipinski definition) is 1. The number of benzene rings is 5. The lowest BCUT2D eigenvalue weighted by Crippen LogP contribution is -2.24. The molecule has 0 amide bonds. The number of rotatable bonds is 5. The number of para-hydroxylation sites is 2. The van der Waals surface area contributed by atoms with Crippen molar-refractivity contribution in [2.45, 2.75) is 18.8 Å². The fourth-order valence-corrected chi connectivity index (χ4v) is 5.50. The Morgan fingerprint density at radius 3 is 1.68 bits per heavy atom. The summed E-state index contributed by atoms with van der Waals surface area (Å²) in [6.45, 7) is 2.41. The summed E-state index contributed by atoms with van der Waals surface area (Å²) in [5.41, 5.74) is 10.3. The van der Waals surface area contributed by atoms with Gasteiger partial charge >= 0.3 is 0 Å². The Morgan fingerprint density at radius 2 is 1.03 bits per heavy atom. The molecule has 0 radical (unpaired) electrons. The lowest BCUT2D eigenvalue weighted by Gasteiger charge is -2.30. The Hall–Kier alpha value is -4.10. The van der Waals surface area contributed by atoms with Crippen molar-refractivity contribution in [3.63, 3.8) is 0 Å². The molecule has 164 valence electrons. The van der Waals surface area contributed by atoms with Crippen LogP contribution >= 0.6 is 0 Å². The number of fused-ring (bicyclic) bond motifs is 3. The topological polar surface area (TPSA) is 3.24 Å². The van der Waals surface area contributed by atoms with Gasteiger partial charge in [0.15, 0.2) is 0 Å². The highest BCUT2D eigenvalue weighted by Crippen LogP contribution is 2.52. The van der Waals surface area contributed by atoms with Crippen molar-refractivity contribution >= 4 is 17.1 Å². The quantitative estimate of drug-likeness (QED) is 0.266. The minimum absolute atomic E-state index is 0.0949. The molecule has 0 fully saturated rings. The van der Waals surface area contributed by atoms with E-state index in [1.807, 2.05) is 0 Å². The first-order valence-corrected chi connectivity index (χ1v) is 11.9. The van der Waals surface area contributed by atoms with E-state index < -0.39 is 0 Å². The monoisotopic (exact) mass is 437 g/mol. The highest BCUT2D eigenvalue weighted by Gasteiger charge is 2.39. The summed E-state index contributed by atoms with van der Waals surface area (Å²) in [6.07, 6.45) is 0.970. The molecule has 5 aromatic rings. The molecule has 0 bridgehead atoms. The fourth-order valence-electron chi connectivity index (χ4n) is 5.50.